The van der Waals surface area contributed by atoms with Gasteiger partial charge in [-0.3, -0.25) is 4.79 Å². The lowest BCUT2D eigenvalue weighted by Gasteiger charge is -2.05. The van der Waals surface area contributed by atoms with Crippen LogP contribution in [0.5, 0.6) is 0 Å². The molecule has 0 heterocycles. The molecule has 0 radical (unpaired) electrons. The average Bonchev–Trinajstić information content (AvgIpc) is 2.38. The number of aryl methyl sites for hydroxylation is 1. The maximum absolute atomic E-state index is 11.5. The standard InChI is InChI=1S/C17H20O/c1-13(2)17(18)9-5-6-14-10-11-15-7-3-4-8-16(15)12-14/h3-4,7-8,10-13H,5-6,9H2,1-2H3. The highest BCUT2D eigenvalue weighted by atomic mass is 16.1. The number of ketones is 1. The van der Waals surface area contributed by atoms with Gasteiger partial charge in [-0.25, -0.2) is 0 Å². The highest BCUT2D eigenvalue weighted by Gasteiger charge is 2.06. The number of fused-ring (bicyclic) bond motifs is 1. The molecule has 0 unspecified atom stereocenters. The van der Waals surface area contributed by atoms with E-state index in [-0.39, 0.29) is 5.92 Å². The first-order valence-corrected chi connectivity index (χ1v) is 6.67. The zero-order chi connectivity index (χ0) is 13.0. The van der Waals surface area contributed by atoms with Crippen LogP contribution in [-0.4, -0.2) is 5.78 Å². The molecule has 2 aromatic carbocycles. The molecule has 1 heteroatoms. The summed E-state index contributed by atoms with van der Waals surface area (Å²) in [6.45, 7) is 3.94. The molecule has 18 heavy (non-hydrogen) atoms. The van der Waals surface area contributed by atoms with E-state index in [4.69, 9.17) is 0 Å². The highest BCUT2D eigenvalue weighted by Crippen LogP contribution is 2.17. The fourth-order valence-corrected chi connectivity index (χ4v) is 2.15. The quantitative estimate of drug-likeness (QED) is 0.757. The van der Waals surface area contributed by atoms with Crippen molar-refractivity contribution in [2.45, 2.75) is 33.1 Å². The van der Waals surface area contributed by atoms with E-state index in [1.807, 2.05) is 13.8 Å². The zero-order valence-corrected chi connectivity index (χ0v) is 11.1. The van der Waals surface area contributed by atoms with E-state index in [1.54, 1.807) is 0 Å². The van der Waals surface area contributed by atoms with Crippen molar-refractivity contribution < 1.29 is 4.79 Å². The molecule has 0 bridgehead atoms. The number of rotatable bonds is 5. The van der Waals surface area contributed by atoms with E-state index in [0.29, 0.717) is 12.2 Å². The summed E-state index contributed by atoms with van der Waals surface area (Å²) in [5.41, 5.74) is 1.32. The first-order chi connectivity index (χ1) is 8.66. The third-order valence-corrected chi connectivity index (χ3v) is 3.35. The van der Waals surface area contributed by atoms with Crippen LogP contribution in [-0.2, 0) is 11.2 Å². The van der Waals surface area contributed by atoms with Crippen molar-refractivity contribution in [3.63, 3.8) is 0 Å². The third kappa shape index (κ3) is 3.19. The van der Waals surface area contributed by atoms with E-state index >= 15 is 0 Å². The SMILES string of the molecule is CC(C)C(=O)CCCc1ccc2ccccc2c1. The van der Waals surface area contributed by atoms with Crippen molar-refractivity contribution in [2.24, 2.45) is 5.92 Å². The molecule has 0 saturated carbocycles. The van der Waals surface area contributed by atoms with E-state index in [0.717, 1.165) is 12.8 Å². The largest absolute Gasteiger partial charge is 0.299 e. The summed E-state index contributed by atoms with van der Waals surface area (Å²) in [4.78, 5) is 11.5. The van der Waals surface area contributed by atoms with Gasteiger partial charge < -0.3 is 0 Å². The number of Topliss-reactive ketones (excluding diaryl/α,β-unsaturated/α-hetero) is 1. The van der Waals surface area contributed by atoms with Crippen LogP contribution in [0.4, 0.5) is 0 Å². The number of benzene rings is 2. The Morgan fingerprint density at radius 1 is 1.06 bits per heavy atom. The average molecular weight is 240 g/mol. The molecule has 0 spiro atoms. The molecular formula is C17H20O. The predicted octanol–water partition coefficient (Wildman–Crippen LogP) is 4.39. The van der Waals surface area contributed by atoms with Gasteiger partial charge in [0.2, 0.25) is 0 Å². The van der Waals surface area contributed by atoms with Crippen molar-refractivity contribution in [1.29, 1.82) is 0 Å². The van der Waals surface area contributed by atoms with E-state index in [2.05, 4.69) is 42.5 Å². The second-order valence-electron chi connectivity index (χ2n) is 5.16. The Labute approximate surface area is 109 Å². The van der Waals surface area contributed by atoms with Gasteiger partial charge >= 0.3 is 0 Å². The number of hydrogen-bond donors (Lipinski definition) is 0. The van der Waals surface area contributed by atoms with Gasteiger partial charge in [-0.05, 0) is 29.2 Å². The molecule has 0 atom stereocenters. The fourth-order valence-electron chi connectivity index (χ4n) is 2.15. The van der Waals surface area contributed by atoms with Gasteiger partial charge in [0.05, 0.1) is 0 Å². The first-order valence-electron chi connectivity index (χ1n) is 6.67. The lowest BCUT2D eigenvalue weighted by molar-refractivity contribution is -0.121. The van der Waals surface area contributed by atoms with E-state index in [9.17, 15) is 4.79 Å². The molecule has 0 amide bonds. The number of carbonyl (C=O) groups excluding carboxylic acids is 1. The molecular weight excluding hydrogens is 220 g/mol. The smallest absolute Gasteiger partial charge is 0.135 e. The molecule has 0 saturated heterocycles. The normalized spacial score (nSPS) is 11.1. The molecule has 0 aromatic heterocycles. The summed E-state index contributed by atoms with van der Waals surface area (Å²) in [7, 11) is 0. The topological polar surface area (TPSA) is 17.1 Å². The van der Waals surface area contributed by atoms with Crippen LogP contribution in [0.25, 0.3) is 10.8 Å². The zero-order valence-electron chi connectivity index (χ0n) is 11.1. The first kappa shape index (κ1) is 12.8. The van der Waals surface area contributed by atoms with Crippen LogP contribution in [0, 0.1) is 5.92 Å². The monoisotopic (exact) mass is 240 g/mol. The van der Waals surface area contributed by atoms with Crippen molar-refractivity contribution in [3.05, 3.63) is 48.0 Å². The van der Waals surface area contributed by atoms with E-state index in [1.165, 1.54) is 16.3 Å². The molecule has 1 nitrogen and oxygen atoms in total. The fraction of sp³-hybridized carbons (Fsp3) is 0.353. The van der Waals surface area contributed by atoms with Crippen LogP contribution in [0.15, 0.2) is 42.5 Å². The lowest BCUT2D eigenvalue weighted by Crippen LogP contribution is -2.06. The summed E-state index contributed by atoms with van der Waals surface area (Å²) in [6.07, 6.45) is 2.64. The predicted molar refractivity (Wildman–Crippen MR) is 76.7 cm³/mol. The Hall–Kier alpha value is -1.63. The van der Waals surface area contributed by atoms with Crippen LogP contribution in [0.3, 0.4) is 0 Å². The van der Waals surface area contributed by atoms with Gasteiger partial charge in [0.1, 0.15) is 5.78 Å². The van der Waals surface area contributed by atoms with Gasteiger partial charge in [0, 0.05) is 12.3 Å². The van der Waals surface area contributed by atoms with E-state index < -0.39 is 0 Å². The summed E-state index contributed by atoms with van der Waals surface area (Å²) in [5, 5.41) is 2.56. The Bertz CT molecular complexity index is 540. The Morgan fingerprint density at radius 3 is 2.50 bits per heavy atom. The second-order valence-corrected chi connectivity index (χ2v) is 5.16. The summed E-state index contributed by atoms with van der Waals surface area (Å²) in [6, 6.07) is 14.9. The van der Waals surface area contributed by atoms with Gasteiger partial charge in [-0.2, -0.15) is 0 Å². The summed E-state index contributed by atoms with van der Waals surface area (Å²) >= 11 is 0. The van der Waals surface area contributed by atoms with Crippen molar-refractivity contribution in [1.82, 2.24) is 0 Å². The molecule has 0 aliphatic heterocycles. The molecule has 2 aromatic rings. The van der Waals surface area contributed by atoms with Crippen LogP contribution < -0.4 is 0 Å². The third-order valence-electron chi connectivity index (χ3n) is 3.35. The molecule has 0 aliphatic rings. The maximum atomic E-state index is 11.5. The van der Waals surface area contributed by atoms with Gasteiger partial charge in [0.15, 0.2) is 0 Å². The number of carbonyl (C=O) groups is 1. The van der Waals surface area contributed by atoms with Crippen molar-refractivity contribution in [2.75, 3.05) is 0 Å². The maximum Gasteiger partial charge on any atom is 0.135 e. The minimum Gasteiger partial charge on any atom is -0.299 e. The molecule has 94 valence electrons. The Morgan fingerprint density at radius 2 is 1.78 bits per heavy atom. The lowest BCUT2D eigenvalue weighted by atomic mass is 9.99. The van der Waals surface area contributed by atoms with Crippen LogP contribution >= 0.6 is 0 Å². The van der Waals surface area contributed by atoms with Gasteiger partial charge in [-0.15, -0.1) is 0 Å². The highest BCUT2D eigenvalue weighted by molar-refractivity contribution is 5.83. The minimum atomic E-state index is 0.168. The molecule has 0 fully saturated rings. The molecule has 2 rings (SSSR count). The minimum absolute atomic E-state index is 0.168. The van der Waals surface area contributed by atoms with Crippen LogP contribution in [0.1, 0.15) is 32.3 Å². The van der Waals surface area contributed by atoms with Crippen LogP contribution in [0.2, 0.25) is 0 Å². The number of hydrogen-bond acceptors (Lipinski definition) is 1. The summed E-state index contributed by atoms with van der Waals surface area (Å²) < 4.78 is 0. The molecule has 0 N–H and O–H groups in total. The Kier molecular flexibility index (Phi) is 4.14. The summed E-state index contributed by atoms with van der Waals surface area (Å²) in [5.74, 6) is 0.539. The van der Waals surface area contributed by atoms with Crippen molar-refractivity contribution in [3.8, 4) is 0 Å². The Balaban J connectivity index is 1.98. The second kappa shape index (κ2) is 5.81. The molecule has 0 aliphatic carbocycles. The van der Waals surface area contributed by atoms with Crippen molar-refractivity contribution >= 4 is 16.6 Å². The van der Waals surface area contributed by atoms with Gasteiger partial charge in [0.25, 0.3) is 0 Å². The van der Waals surface area contributed by atoms with Gasteiger partial charge in [-0.1, -0.05) is 56.3 Å².